The molecule has 0 saturated carbocycles. The van der Waals surface area contributed by atoms with Crippen LogP contribution in [0.1, 0.15) is 39.0 Å². The van der Waals surface area contributed by atoms with Crippen LogP contribution in [0.15, 0.2) is 24.3 Å². The Balaban J connectivity index is 2.86. The number of rotatable bonds is 9. The second kappa shape index (κ2) is 9.97. The van der Waals surface area contributed by atoms with Crippen LogP contribution < -0.4 is 0 Å². The molecular formula is C19H18ClNO8. The van der Waals surface area contributed by atoms with Gasteiger partial charge in [-0.05, 0) is 13.0 Å². The molecule has 0 spiro atoms. The highest BCUT2D eigenvalue weighted by Crippen LogP contribution is 2.36. The summed E-state index contributed by atoms with van der Waals surface area (Å²) in [7, 11) is 0. The molecule has 0 fully saturated rings. The minimum atomic E-state index is -1.43. The lowest BCUT2D eigenvalue weighted by atomic mass is 9.92. The van der Waals surface area contributed by atoms with E-state index >= 15 is 0 Å². The van der Waals surface area contributed by atoms with E-state index in [2.05, 4.69) is 4.98 Å². The van der Waals surface area contributed by atoms with E-state index in [1.807, 2.05) is 0 Å². The molecule has 0 amide bonds. The van der Waals surface area contributed by atoms with Crippen molar-refractivity contribution in [2.45, 2.75) is 20.1 Å². The third-order valence-corrected chi connectivity index (χ3v) is 4.13. The van der Waals surface area contributed by atoms with Crippen LogP contribution in [0.3, 0.4) is 0 Å². The van der Waals surface area contributed by atoms with Crippen molar-refractivity contribution in [1.29, 1.82) is 0 Å². The summed E-state index contributed by atoms with van der Waals surface area (Å²) in [6.45, 7) is -0.263. The number of aliphatic hydroxyl groups excluding tert-OH is 1. The van der Waals surface area contributed by atoms with Crippen molar-refractivity contribution < 1.29 is 39.2 Å². The zero-order valence-corrected chi connectivity index (χ0v) is 16.1. The maximum atomic E-state index is 12.7. The molecule has 0 aliphatic heterocycles. The molecule has 0 radical (unpaired) electrons. The molecule has 2 aromatic rings. The number of carbonyl (C=O) groups excluding carboxylic acids is 1. The topological polar surface area (TPSA) is 143 Å². The highest BCUT2D eigenvalue weighted by Gasteiger charge is 2.30. The third-order valence-electron chi connectivity index (χ3n) is 3.80. The number of hydrogen-bond donors (Lipinski definition) is 3. The van der Waals surface area contributed by atoms with E-state index in [0.717, 1.165) is 0 Å². The summed E-state index contributed by atoms with van der Waals surface area (Å²) >= 11 is 6.25. The Morgan fingerprint density at radius 2 is 1.79 bits per heavy atom. The lowest BCUT2D eigenvalue weighted by Crippen LogP contribution is -2.20. The quantitative estimate of drug-likeness (QED) is 0.517. The number of aromatic nitrogens is 1. The largest absolute Gasteiger partial charge is 0.480 e. The Kier molecular flexibility index (Phi) is 7.66. The van der Waals surface area contributed by atoms with Crippen molar-refractivity contribution in [3.8, 4) is 11.1 Å². The van der Waals surface area contributed by atoms with Crippen LogP contribution in [-0.2, 0) is 27.5 Å². The van der Waals surface area contributed by atoms with Crippen LogP contribution in [-0.4, -0.2) is 51.4 Å². The van der Waals surface area contributed by atoms with Crippen LogP contribution >= 0.6 is 11.6 Å². The summed E-state index contributed by atoms with van der Waals surface area (Å²) in [6, 6.07) is 6.25. The van der Waals surface area contributed by atoms with Crippen molar-refractivity contribution in [2.24, 2.45) is 0 Å². The van der Waals surface area contributed by atoms with Crippen LogP contribution in [0.25, 0.3) is 11.1 Å². The normalized spacial score (nSPS) is 10.6. The van der Waals surface area contributed by atoms with E-state index in [0.29, 0.717) is 0 Å². The van der Waals surface area contributed by atoms with Gasteiger partial charge >= 0.3 is 17.9 Å². The predicted octanol–water partition coefficient (Wildman–Crippen LogP) is 2.37. The Hall–Kier alpha value is -3.01. The van der Waals surface area contributed by atoms with Crippen LogP contribution in [0.5, 0.6) is 0 Å². The van der Waals surface area contributed by atoms with Crippen molar-refractivity contribution in [1.82, 2.24) is 4.98 Å². The lowest BCUT2D eigenvalue weighted by Gasteiger charge is -2.19. The molecule has 1 aromatic carbocycles. The number of esters is 1. The Morgan fingerprint density at radius 3 is 2.34 bits per heavy atom. The van der Waals surface area contributed by atoms with Crippen molar-refractivity contribution in [3.05, 3.63) is 51.8 Å². The second-order valence-electron chi connectivity index (χ2n) is 5.68. The number of carbonyl (C=O) groups is 3. The summed E-state index contributed by atoms with van der Waals surface area (Å²) in [5.74, 6) is -3.55. The minimum absolute atomic E-state index is 0.000371. The molecule has 0 aliphatic carbocycles. The Labute approximate surface area is 170 Å². The van der Waals surface area contributed by atoms with E-state index in [1.165, 1.54) is 12.1 Å². The molecule has 10 heteroatoms. The molecule has 0 unspecified atom stereocenters. The van der Waals surface area contributed by atoms with Crippen molar-refractivity contribution in [2.75, 3.05) is 13.2 Å². The second-order valence-corrected chi connectivity index (χ2v) is 6.09. The molecule has 0 bridgehead atoms. The molecule has 0 atom stereocenters. The van der Waals surface area contributed by atoms with E-state index in [-0.39, 0.29) is 39.7 Å². The van der Waals surface area contributed by atoms with Gasteiger partial charge in [0, 0.05) is 16.1 Å². The van der Waals surface area contributed by atoms with Crippen LogP contribution in [0, 0.1) is 0 Å². The monoisotopic (exact) mass is 423 g/mol. The summed E-state index contributed by atoms with van der Waals surface area (Å²) in [5.41, 5.74) is -0.811. The standard InChI is InChI=1S/C19H18ClNO8/c1-2-29-19(27)17-13(8-28-9-14(23)24)21-12(7-22)16(18(25)26)15(17)10-5-3-4-6-11(10)20/h3-6,22H,2,7-9H2,1H3,(H,23,24)(H,25,26). The summed E-state index contributed by atoms with van der Waals surface area (Å²) in [6.07, 6.45) is 0. The first-order valence-corrected chi connectivity index (χ1v) is 8.81. The number of pyridine rings is 1. The van der Waals surface area contributed by atoms with E-state index in [4.69, 9.17) is 26.2 Å². The fourth-order valence-corrected chi connectivity index (χ4v) is 2.96. The van der Waals surface area contributed by atoms with Gasteiger partial charge in [0.25, 0.3) is 0 Å². The zero-order valence-electron chi connectivity index (χ0n) is 15.3. The molecule has 0 aliphatic rings. The van der Waals surface area contributed by atoms with E-state index in [1.54, 1.807) is 19.1 Å². The fraction of sp³-hybridized carbons (Fsp3) is 0.263. The number of carboxylic acids is 2. The van der Waals surface area contributed by atoms with Gasteiger partial charge < -0.3 is 24.8 Å². The zero-order chi connectivity index (χ0) is 21.6. The van der Waals surface area contributed by atoms with Gasteiger partial charge in [0.2, 0.25) is 0 Å². The number of carboxylic acid groups (broad SMARTS) is 2. The van der Waals surface area contributed by atoms with Gasteiger partial charge in [0.05, 0.1) is 42.3 Å². The molecule has 2 rings (SSSR count). The number of nitrogens with zero attached hydrogens (tertiary/aromatic N) is 1. The fourth-order valence-electron chi connectivity index (χ4n) is 2.73. The SMILES string of the molecule is CCOC(=O)c1c(COCC(=O)O)nc(CO)c(C(=O)O)c1-c1ccccc1Cl. The van der Waals surface area contributed by atoms with Gasteiger partial charge in [-0.3, -0.25) is 4.98 Å². The number of ether oxygens (including phenoxy) is 2. The van der Waals surface area contributed by atoms with Gasteiger partial charge in [-0.25, -0.2) is 14.4 Å². The molecule has 9 nitrogen and oxygen atoms in total. The first kappa shape index (κ1) is 22.3. The van der Waals surface area contributed by atoms with E-state index < -0.39 is 43.3 Å². The minimum Gasteiger partial charge on any atom is -0.480 e. The number of hydrogen-bond acceptors (Lipinski definition) is 7. The molecule has 1 heterocycles. The number of aliphatic hydroxyl groups is 1. The van der Waals surface area contributed by atoms with Gasteiger partial charge in [0.1, 0.15) is 6.61 Å². The molecule has 154 valence electrons. The molecule has 3 N–H and O–H groups in total. The van der Waals surface area contributed by atoms with Gasteiger partial charge in [-0.2, -0.15) is 0 Å². The Morgan fingerprint density at radius 1 is 1.10 bits per heavy atom. The summed E-state index contributed by atoms with van der Waals surface area (Å²) in [5, 5.41) is 28.3. The number of benzene rings is 1. The van der Waals surface area contributed by atoms with Crippen LogP contribution in [0.4, 0.5) is 0 Å². The van der Waals surface area contributed by atoms with Crippen molar-refractivity contribution in [3.63, 3.8) is 0 Å². The van der Waals surface area contributed by atoms with Gasteiger partial charge in [0.15, 0.2) is 0 Å². The number of halogens is 1. The smallest absolute Gasteiger partial charge is 0.340 e. The Bertz CT molecular complexity index is 944. The number of aliphatic carboxylic acids is 1. The maximum absolute atomic E-state index is 12.7. The first-order chi connectivity index (χ1) is 13.8. The molecule has 29 heavy (non-hydrogen) atoms. The van der Waals surface area contributed by atoms with E-state index in [9.17, 15) is 24.6 Å². The first-order valence-electron chi connectivity index (χ1n) is 8.43. The highest BCUT2D eigenvalue weighted by molar-refractivity contribution is 6.34. The molecule has 1 aromatic heterocycles. The lowest BCUT2D eigenvalue weighted by molar-refractivity contribution is -0.142. The third kappa shape index (κ3) is 5.08. The van der Waals surface area contributed by atoms with Gasteiger partial charge in [-0.1, -0.05) is 29.8 Å². The predicted molar refractivity (Wildman–Crippen MR) is 101 cm³/mol. The average molecular weight is 424 g/mol. The highest BCUT2D eigenvalue weighted by atomic mass is 35.5. The molecular weight excluding hydrogens is 406 g/mol. The molecule has 0 saturated heterocycles. The summed E-state index contributed by atoms with van der Waals surface area (Å²) in [4.78, 5) is 39.5. The van der Waals surface area contributed by atoms with Crippen LogP contribution in [0.2, 0.25) is 5.02 Å². The number of aromatic carboxylic acids is 1. The van der Waals surface area contributed by atoms with Gasteiger partial charge in [-0.15, -0.1) is 0 Å². The maximum Gasteiger partial charge on any atom is 0.340 e. The average Bonchev–Trinajstić information content (AvgIpc) is 2.67. The summed E-state index contributed by atoms with van der Waals surface area (Å²) < 4.78 is 10.1. The van der Waals surface area contributed by atoms with Crippen molar-refractivity contribution >= 4 is 29.5 Å².